The monoisotopic (exact) mass is 210 g/mol. The van der Waals surface area contributed by atoms with Crippen molar-refractivity contribution in [3.8, 4) is 0 Å². The fourth-order valence-corrected chi connectivity index (χ4v) is 1.79. The zero-order chi connectivity index (χ0) is 11.3. The first-order chi connectivity index (χ1) is 7.11. The minimum atomic E-state index is 0.0408. The molecule has 1 saturated heterocycles. The number of nitrogens with zero attached hydrogens (tertiary/aromatic N) is 1. The van der Waals surface area contributed by atoms with Gasteiger partial charge in [0.1, 0.15) is 0 Å². The molecule has 0 aromatic carbocycles. The molecule has 2 amide bonds. The van der Waals surface area contributed by atoms with Gasteiger partial charge in [-0.2, -0.15) is 0 Å². The van der Waals surface area contributed by atoms with Gasteiger partial charge in [0, 0.05) is 18.8 Å². The first-order valence-electron chi connectivity index (χ1n) is 5.85. The van der Waals surface area contributed by atoms with Crippen molar-refractivity contribution < 1.29 is 4.79 Å². The Labute approximate surface area is 92.5 Å². The molecule has 0 aliphatic carbocycles. The standard InChI is InChI=1S/C12H22N2O/c1-10(2)7-8-13-12(15)14-9-5-4-6-11(14)3/h7-8,10-11H,4-6,9H2,1-3H3,(H,13,15)/b8-7+. The van der Waals surface area contributed by atoms with Crippen molar-refractivity contribution in [1.29, 1.82) is 0 Å². The van der Waals surface area contributed by atoms with E-state index in [2.05, 4.69) is 26.1 Å². The summed E-state index contributed by atoms with van der Waals surface area (Å²) in [6.45, 7) is 7.19. The second-order valence-corrected chi connectivity index (χ2v) is 4.59. The number of hydrogen-bond acceptors (Lipinski definition) is 1. The summed E-state index contributed by atoms with van der Waals surface area (Å²) >= 11 is 0. The Morgan fingerprint density at radius 2 is 2.20 bits per heavy atom. The molecule has 0 aromatic heterocycles. The van der Waals surface area contributed by atoms with Crippen LogP contribution < -0.4 is 5.32 Å². The maximum atomic E-state index is 11.8. The van der Waals surface area contributed by atoms with Crippen molar-refractivity contribution >= 4 is 6.03 Å². The van der Waals surface area contributed by atoms with E-state index in [9.17, 15) is 4.79 Å². The van der Waals surface area contributed by atoms with Crippen LogP contribution in [0.5, 0.6) is 0 Å². The average Bonchev–Trinajstić information content (AvgIpc) is 2.17. The minimum Gasteiger partial charge on any atom is -0.322 e. The van der Waals surface area contributed by atoms with Gasteiger partial charge in [-0.3, -0.25) is 0 Å². The Hall–Kier alpha value is -0.990. The van der Waals surface area contributed by atoms with Gasteiger partial charge in [0.25, 0.3) is 0 Å². The maximum Gasteiger partial charge on any atom is 0.321 e. The zero-order valence-electron chi connectivity index (χ0n) is 9.99. The van der Waals surface area contributed by atoms with E-state index < -0.39 is 0 Å². The molecule has 15 heavy (non-hydrogen) atoms. The van der Waals surface area contributed by atoms with E-state index >= 15 is 0 Å². The number of urea groups is 1. The van der Waals surface area contributed by atoms with Gasteiger partial charge >= 0.3 is 6.03 Å². The van der Waals surface area contributed by atoms with Crippen LogP contribution >= 0.6 is 0 Å². The number of likely N-dealkylation sites (tertiary alicyclic amines) is 1. The summed E-state index contributed by atoms with van der Waals surface area (Å²) < 4.78 is 0. The fourth-order valence-electron chi connectivity index (χ4n) is 1.79. The third-order valence-corrected chi connectivity index (χ3v) is 2.75. The summed E-state index contributed by atoms with van der Waals surface area (Å²) in [5, 5.41) is 2.82. The van der Waals surface area contributed by atoms with Gasteiger partial charge in [0.2, 0.25) is 0 Å². The van der Waals surface area contributed by atoms with Crippen LogP contribution in [0.3, 0.4) is 0 Å². The Bertz CT molecular complexity index is 236. The van der Waals surface area contributed by atoms with Crippen LogP contribution in [0.15, 0.2) is 12.3 Å². The molecule has 0 saturated carbocycles. The van der Waals surface area contributed by atoms with Crippen molar-refractivity contribution in [2.45, 2.75) is 46.1 Å². The highest BCUT2D eigenvalue weighted by Crippen LogP contribution is 2.15. The van der Waals surface area contributed by atoms with E-state index in [0.29, 0.717) is 12.0 Å². The van der Waals surface area contributed by atoms with Crippen molar-refractivity contribution in [2.24, 2.45) is 5.92 Å². The van der Waals surface area contributed by atoms with E-state index in [-0.39, 0.29) is 6.03 Å². The van der Waals surface area contributed by atoms with Crippen molar-refractivity contribution in [3.63, 3.8) is 0 Å². The predicted molar refractivity (Wildman–Crippen MR) is 62.5 cm³/mol. The van der Waals surface area contributed by atoms with Gasteiger partial charge in [-0.05, 0) is 32.1 Å². The Morgan fingerprint density at radius 3 is 2.80 bits per heavy atom. The van der Waals surface area contributed by atoms with Gasteiger partial charge < -0.3 is 10.2 Å². The molecule has 1 fully saturated rings. The van der Waals surface area contributed by atoms with Crippen LogP contribution in [0.2, 0.25) is 0 Å². The molecule has 1 heterocycles. The minimum absolute atomic E-state index is 0.0408. The molecular weight excluding hydrogens is 188 g/mol. The molecule has 1 aliphatic heterocycles. The number of carbonyl (C=O) groups excluding carboxylic acids is 1. The second kappa shape index (κ2) is 5.79. The lowest BCUT2D eigenvalue weighted by Crippen LogP contribution is -2.46. The van der Waals surface area contributed by atoms with Crippen LogP contribution in [0.1, 0.15) is 40.0 Å². The van der Waals surface area contributed by atoms with Crippen molar-refractivity contribution in [3.05, 3.63) is 12.3 Å². The Balaban J connectivity index is 2.38. The number of carbonyl (C=O) groups is 1. The normalized spacial score (nSPS) is 22.4. The third kappa shape index (κ3) is 3.94. The van der Waals surface area contributed by atoms with E-state index in [1.165, 1.54) is 6.42 Å². The van der Waals surface area contributed by atoms with Crippen LogP contribution in [-0.4, -0.2) is 23.5 Å². The molecular formula is C12H22N2O. The first kappa shape index (κ1) is 12.1. The van der Waals surface area contributed by atoms with Crippen LogP contribution in [-0.2, 0) is 0 Å². The lowest BCUT2D eigenvalue weighted by Gasteiger charge is -2.32. The summed E-state index contributed by atoms with van der Waals surface area (Å²) in [6, 6.07) is 0.422. The molecule has 0 spiro atoms. The molecule has 1 aliphatic rings. The molecule has 1 N–H and O–H groups in total. The molecule has 0 aromatic rings. The Morgan fingerprint density at radius 1 is 1.47 bits per heavy atom. The number of allylic oxidation sites excluding steroid dienone is 1. The summed E-state index contributed by atoms with van der Waals surface area (Å²) in [5.74, 6) is 0.476. The number of piperidine rings is 1. The van der Waals surface area contributed by atoms with Crippen LogP contribution in [0, 0.1) is 5.92 Å². The highest BCUT2D eigenvalue weighted by atomic mass is 16.2. The van der Waals surface area contributed by atoms with E-state index in [1.807, 2.05) is 11.0 Å². The zero-order valence-corrected chi connectivity index (χ0v) is 9.99. The van der Waals surface area contributed by atoms with Gasteiger partial charge in [-0.1, -0.05) is 19.9 Å². The van der Waals surface area contributed by atoms with Crippen molar-refractivity contribution in [2.75, 3.05) is 6.54 Å². The van der Waals surface area contributed by atoms with Gasteiger partial charge in [0.15, 0.2) is 0 Å². The van der Waals surface area contributed by atoms with E-state index in [4.69, 9.17) is 0 Å². The highest BCUT2D eigenvalue weighted by Gasteiger charge is 2.21. The number of amides is 2. The molecule has 1 unspecified atom stereocenters. The van der Waals surface area contributed by atoms with Crippen LogP contribution in [0.4, 0.5) is 4.79 Å². The maximum absolute atomic E-state index is 11.8. The SMILES string of the molecule is CC(C)/C=C/NC(=O)N1CCCCC1C. The lowest BCUT2D eigenvalue weighted by molar-refractivity contribution is 0.161. The van der Waals surface area contributed by atoms with E-state index in [0.717, 1.165) is 19.4 Å². The summed E-state index contributed by atoms with van der Waals surface area (Å²) in [6.07, 6.45) is 7.25. The predicted octanol–water partition coefficient (Wildman–Crippen LogP) is 2.74. The van der Waals surface area contributed by atoms with Crippen molar-refractivity contribution in [1.82, 2.24) is 10.2 Å². The molecule has 3 heteroatoms. The molecule has 3 nitrogen and oxygen atoms in total. The van der Waals surface area contributed by atoms with Gasteiger partial charge in [0.05, 0.1) is 0 Å². The number of hydrogen-bond donors (Lipinski definition) is 1. The highest BCUT2D eigenvalue weighted by molar-refractivity contribution is 5.75. The molecule has 1 atom stereocenters. The third-order valence-electron chi connectivity index (χ3n) is 2.75. The van der Waals surface area contributed by atoms with Gasteiger partial charge in [-0.15, -0.1) is 0 Å². The second-order valence-electron chi connectivity index (χ2n) is 4.59. The first-order valence-corrected chi connectivity index (χ1v) is 5.85. The van der Waals surface area contributed by atoms with Gasteiger partial charge in [-0.25, -0.2) is 4.79 Å². The largest absolute Gasteiger partial charge is 0.322 e. The summed E-state index contributed by atoms with van der Waals surface area (Å²) in [5.41, 5.74) is 0. The smallest absolute Gasteiger partial charge is 0.321 e. The summed E-state index contributed by atoms with van der Waals surface area (Å²) in [7, 11) is 0. The Kier molecular flexibility index (Phi) is 4.66. The molecule has 0 bridgehead atoms. The number of nitrogens with one attached hydrogen (secondary N) is 1. The lowest BCUT2D eigenvalue weighted by atomic mass is 10.0. The molecule has 1 rings (SSSR count). The summed E-state index contributed by atoms with van der Waals surface area (Å²) in [4.78, 5) is 13.7. The quantitative estimate of drug-likeness (QED) is 0.746. The van der Waals surface area contributed by atoms with Crippen LogP contribution in [0.25, 0.3) is 0 Å². The molecule has 86 valence electrons. The van der Waals surface area contributed by atoms with E-state index in [1.54, 1.807) is 6.20 Å². The topological polar surface area (TPSA) is 32.3 Å². The fraction of sp³-hybridized carbons (Fsp3) is 0.750. The number of rotatable bonds is 2. The molecule has 0 radical (unpaired) electrons. The average molecular weight is 210 g/mol.